The maximum absolute atomic E-state index is 12.9. The highest BCUT2D eigenvalue weighted by atomic mass is 79.9. The number of amides is 4. The molecule has 2 heterocycles. The molecule has 1 fully saturated rings. The van der Waals surface area contributed by atoms with Crippen LogP contribution in [0.5, 0.6) is 0 Å². The monoisotopic (exact) mass is 495 g/mol. The number of urea groups is 1. The van der Waals surface area contributed by atoms with Crippen molar-refractivity contribution in [2.75, 3.05) is 4.90 Å². The normalized spacial score (nSPS) is 15.2. The van der Waals surface area contributed by atoms with Gasteiger partial charge in [0.1, 0.15) is 17.1 Å². The van der Waals surface area contributed by atoms with Gasteiger partial charge in [-0.3, -0.25) is 25.0 Å². The van der Waals surface area contributed by atoms with Crippen LogP contribution in [-0.2, 0) is 9.59 Å². The molecular formula is C22H14BrN3O6. The van der Waals surface area contributed by atoms with Crippen LogP contribution in [0.3, 0.4) is 0 Å². The fraction of sp³-hybridized carbons (Fsp3) is 0.0455. The average molecular weight is 496 g/mol. The standard InChI is InChI=1S/C22H14BrN3O6/c1-12-2-3-13(10-18(12)26(30)31)19-9-8-16(32-19)11-17-20(27)24-22(29)25(21(17)28)15-6-4-14(23)5-7-15/h2-11H,1H3,(H,24,27,29)/b17-11-. The number of nitrogens with one attached hydrogen (secondary N) is 1. The van der Waals surface area contributed by atoms with Crippen molar-refractivity contribution >= 4 is 51.2 Å². The summed E-state index contributed by atoms with van der Waals surface area (Å²) in [5, 5.41) is 13.3. The van der Waals surface area contributed by atoms with Gasteiger partial charge in [0.25, 0.3) is 17.5 Å². The second-order valence-electron chi connectivity index (χ2n) is 6.89. The van der Waals surface area contributed by atoms with Gasteiger partial charge in [0, 0.05) is 21.7 Å². The van der Waals surface area contributed by atoms with Crippen molar-refractivity contribution in [2.24, 2.45) is 0 Å². The van der Waals surface area contributed by atoms with E-state index in [1.807, 2.05) is 0 Å². The van der Waals surface area contributed by atoms with Crippen molar-refractivity contribution in [1.82, 2.24) is 5.32 Å². The van der Waals surface area contributed by atoms with Gasteiger partial charge in [-0.2, -0.15) is 0 Å². The van der Waals surface area contributed by atoms with E-state index < -0.39 is 22.8 Å². The van der Waals surface area contributed by atoms with E-state index >= 15 is 0 Å². The lowest BCUT2D eigenvalue weighted by Crippen LogP contribution is -2.54. The third-order valence-corrected chi connectivity index (χ3v) is 5.32. The lowest BCUT2D eigenvalue weighted by atomic mass is 10.1. The van der Waals surface area contributed by atoms with Gasteiger partial charge in [-0.25, -0.2) is 9.69 Å². The number of aryl methyl sites for hydroxylation is 1. The molecule has 1 saturated heterocycles. The molecule has 9 nitrogen and oxygen atoms in total. The zero-order chi connectivity index (χ0) is 23.0. The fourth-order valence-corrected chi connectivity index (χ4v) is 3.43. The van der Waals surface area contributed by atoms with Crippen LogP contribution in [0, 0.1) is 17.0 Å². The number of nitro groups is 1. The minimum absolute atomic E-state index is 0.0516. The van der Waals surface area contributed by atoms with Gasteiger partial charge in [0.2, 0.25) is 0 Å². The molecule has 0 atom stereocenters. The molecule has 0 radical (unpaired) electrons. The van der Waals surface area contributed by atoms with E-state index in [9.17, 15) is 24.5 Å². The minimum atomic E-state index is -0.855. The van der Waals surface area contributed by atoms with Crippen LogP contribution in [0.25, 0.3) is 17.4 Å². The molecule has 0 unspecified atom stereocenters. The van der Waals surface area contributed by atoms with Gasteiger partial charge in [-0.15, -0.1) is 0 Å². The number of halogens is 1. The first kappa shape index (κ1) is 21.2. The van der Waals surface area contributed by atoms with Gasteiger partial charge in [0.05, 0.1) is 10.6 Å². The molecule has 0 aliphatic carbocycles. The number of hydrogen-bond acceptors (Lipinski definition) is 6. The van der Waals surface area contributed by atoms with Crippen LogP contribution in [0.2, 0.25) is 0 Å². The quantitative estimate of drug-likeness (QED) is 0.244. The summed E-state index contributed by atoms with van der Waals surface area (Å²) in [4.78, 5) is 49.0. The van der Waals surface area contributed by atoms with Crippen LogP contribution in [0.15, 0.2) is 69.1 Å². The number of carbonyl (C=O) groups is 3. The van der Waals surface area contributed by atoms with E-state index in [4.69, 9.17) is 4.42 Å². The molecule has 1 aliphatic heterocycles. The summed E-state index contributed by atoms with van der Waals surface area (Å²) < 4.78 is 6.45. The fourth-order valence-electron chi connectivity index (χ4n) is 3.17. The number of nitro benzene ring substituents is 1. The zero-order valence-electron chi connectivity index (χ0n) is 16.5. The predicted octanol–water partition coefficient (Wildman–Crippen LogP) is 4.59. The molecule has 1 N–H and O–H groups in total. The minimum Gasteiger partial charge on any atom is -0.457 e. The molecule has 160 valence electrons. The lowest BCUT2D eigenvalue weighted by molar-refractivity contribution is -0.385. The highest BCUT2D eigenvalue weighted by Crippen LogP contribution is 2.29. The molecule has 32 heavy (non-hydrogen) atoms. The Hall–Kier alpha value is -4.05. The molecule has 3 aromatic rings. The van der Waals surface area contributed by atoms with Crippen molar-refractivity contribution in [3.05, 3.63) is 86.1 Å². The predicted molar refractivity (Wildman–Crippen MR) is 119 cm³/mol. The molecule has 4 amide bonds. The first-order valence-electron chi connectivity index (χ1n) is 9.27. The third kappa shape index (κ3) is 3.95. The highest BCUT2D eigenvalue weighted by molar-refractivity contribution is 9.10. The Bertz CT molecular complexity index is 1310. The van der Waals surface area contributed by atoms with Crippen LogP contribution >= 0.6 is 15.9 Å². The van der Waals surface area contributed by atoms with E-state index in [1.165, 1.54) is 18.2 Å². The number of furan rings is 1. The Balaban J connectivity index is 1.67. The van der Waals surface area contributed by atoms with Crippen molar-refractivity contribution in [1.29, 1.82) is 0 Å². The number of anilines is 1. The molecule has 0 bridgehead atoms. The zero-order valence-corrected chi connectivity index (χ0v) is 18.1. The number of nitrogens with zero attached hydrogens (tertiary/aromatic N) is 2. The van der Waals surface area contributed by atoms with Crippen molar-refractivity contribution < 1.29 is 23.7 Å². The highest BCUT2D eigenvalue weighted by Gasteiger charge is 2.37. The van der Waals surface area contributed by atoms with Gasteiger partial charge < -0.3 is 4.42 Å². The maximum Gasteiger partial charge on any atom is 0.335 e. The van der Waals surface area contributed by atoms with Crippen LogP contribution < -0.4 is 10.2 Å². The molecule has 0 saturated carbocycles. The summed E-state index contributed by atoms with van der Waals surface area (Å²) >= 11 is 3.28. The second-order valence-corrected chi connectivity index (χ2v) is 7.81. The average Bonchev–Trinajstić information content (AvgIpc) is 3.21. The molecule has 10 heteroatoms. The summed E-state index contributed by atoms with van der Waals surface area (Å²) in [5.74, 6) is -1.15. The first-order valence-corrected chi connectivity index (χ1v) is 10.1. The maximum atomic E-state index is 12.9. The van der Waals surface area contributed by atoms with Gasteiger partial charge in [0.15, 0.2) is 0 Å². The summed E-state index contributed by atoms with van der Waals surface area (Å²) in [7, 11) is 0. The summed E-state index contributed by atoms with van der Waals surface area (Å²) in [6.45, 7) is 1.63. The number of imide groups is 2. The molecule has 2 aromatic carbocycles. The van der Waals surface area contributed by atoms with Crippen LogP contribution in [0.1, 0.15) is 11.3 Å². The Morgan fingerprint density at radius 2 is 1.78 bits per heavy atom. The number of benzene rings is 2. The van der Waals surface area contributed by atoms with Crippen molar-refractivity contribution in [2.45, 2.75) is 6.92 Å². The topological polar surface area (TPSA) is 123 Å². The molecule has 1 aliphatic rings. The molecule has 4 rings (SSSR count). The smallest absolute Gasteiger partial charge is 0.335 e. The van der Waals surface area contributed by atoms with Crippen LogP contribution in [-0.4, -0.2) is 22.8 Å². The number of barbiturate groups is 1. The Labute approximate surface area is 189 Å². The summed E-state index contributed by atoms with van der Waals surface area (Å²) in [5.41, 5.74) is 0.932. The van der Waals surface area contributed by atoms with Gasteiger partial charge >= 0.3 is 6.03 Å². The largest absolute Gasteiger partial charge is 0.457 e. The molecule has 0 spiro atoms. The van der Waals surface area contributed by atoms with E-state index in [-0.39, 0.29) is 17.0 Å². The molecular weight excluding hydrogens is 482 g/mol. The Kier molecular flexibility index (Phi) is 5.45. The van der Waals surface area contributed by atoms with E-state index in [0.717, 1.165) is 9.37 Å². The van der Waals surface area contributed by atoms with Crippen molar-refractivity contribution in [3.8, 4) is 11.3 Å². The summed E-state index contributed by atoms with van der Waals surface area (Å²) in [6.07, 6.45) is 1.22. The lowest BCUT2D eigenvalue weighted by Gasteiger charge is -2.26. The summed E-state index contributed by atoms with van der Waals surface area (Å²) in [6, 6.07) is 13.3. The number of hydrogen-bond donors (Lipinski definition) is 1. The van der Waals surface area contributed by atoms with E-state index in [0.29, 0.717) is 22.6 Å². The Morgan fingerprint density at radius 1 is 1.06 bits per heavy atom. The van der Waals surface area contributed by atoms with E-state index in [1.54, 1.807) is 49.4 Å². The molecule has 1 aromatic heterocycles. The van der Waals surface area contributed by atoms with Gasteiger partial charge in [-0.05, 0) is 49.4 Å². The number of rotatable bonds is 4. The van der Waals surface area contributed by atoms with E-state index in [2.05, 4.69) is 21.2 Å². The van der Waals surface area contributed by atoms with Gasteiger partial charge in [-0.1, -0.05) is 28.1 Å². The third-order valence-electron chi connectivity index (χ3n) is 4.79. The van der Waals surface area contributed by atoms with Crippen molar-refractivity contribution in [3.63, 3.8) is 0 Å². The van der Waals surface area contributed by atoms with Crippen LogP contribution in [0.4, 0.5) is 16.2 Å². The first-order chi connectivity index (χ1) is 15.2. The number of carbonyl (C=O) groups excluding carboxylic acids is 3. The Morgan fingerprint density at radius 3 is 2.47 bits per heavy atom. The SMILES string of the molecule is Cc1ccc(-c2ccc(/C=C3/C(=O)NC(=O)N(c4ccc(Br)cc4)C3=O)o2)cc1[N+](=O)[O-]. The second kappa shape index (κ2) is 8.23.